The number of rotatable bonds is 8. The zero-order valence-corrected chi connectivity index (χ0v) is 19.5. The monoisotopic (exact) mass is 486 g/mol. The molecule has 0 aliphatic heterocycles. The van der Waals surface area contributed by atoms with Gasteiger partial charge in [-0.2, -0.15) is 13.2 Å². The number of methoxy groups -OCH3 is 1. The Labute approximate surface area is 189 Å². The van der Waals surface area contributed by atoms with Crippen LogP contribution in [-0.2, 0) is 22.6 Å². The summed E-state index contributed by atoms with van der Waals surface area (Å²) in [5.74, 6) is 0.355. The molecular formula is C22H25F3N2O5S. The molecule has 0 aliphatic carbocycles. The molecular weight excluding hydrogens is 461 g/mol. The second kappa shape index (κ2) is 9.12. The van der Waals surface area contributed by atoms with E-state index < -0.39 is 39.1 Å². The average Bonchev–Trinajstić information content (AvgIpc) is 3.01. The number of benzene rings is 2. The third-order valence-electron chi connectivity index (χ3n) is 5.25. The number of halogens is 3. The minimum atomic E-state index is -4.58. The minimum absolute atomic E-state index is 0.0781. The van der Waals surface area contributed by atoms with E-state index in [-0.39, 0.29) is 17.6 Å². The van der Waals surface area contributed by atoms with Gasteiger partial charge >= 0.3 is 11.9 Å². The molecule has 0 amide bonds. The minimum Gasteiger partial charge on any atom is -0.493 e. The Hall–Kier alpha value is -2.95. The Kier molecular flexibility index (Phi) is 6.83. The van der Waals surface area contributed by atoms with E-state index in [9.17, 15) is 26.4 Å². The van der Waals surface area contributed by atoms with Crippen LogP contribution < -0.4 is 15.2 Å². The number of alkyl halides is 3. The van der Waals surface area contributed by atoms with Crippen LogP contribution in [0.1, 0.15) is 31.0 Å². The first-order valence-electron chi connectivity index (χ1n) is 10.2. The van der Waals surface area contributed by atoms with Crippen molar-refractivity contribution in [1.29, 1.82) is 0 Å². The van der Waals surface area contributed by atoms with Crippen LogP contribution >= 0.6 is 0 Å². The van der Waals surface area contributed by atoms with Crippen LogP contribution in [-0.4, -0.2) is 43.3 Å². The lowest BCUT2D eigenvalue weighted by molar-refractivity contribution is -0.137. The van der Waals surface area contributed by atoms with Crippen molar-refractivity contribution in [2.24, 2.45) is 0 Å². The summed E-state index contributed by atoms with van der Waals surface area (Å²) in [5.41, 5.74) is -0.764. The Balaban J connectivity index is 2.32. The van der Waals surface area contributed by atoms with E-state index in [4.69, 9.17) is 9.47 Å². The highest BCUT2D eigenvalue weighted by molar-refractivity contribution is 7.90. The number of sulfone groups is 1. The standard InChI is InChI=1S/C22H25F3N2O5S/c1-5-26-17-12-15(22(23,24)25)8-9-16(17)27(21(26)28)18(13-33(4,29)30)14-7-10-19(31-3)20(11-14)32-6-2/h7-12,18H,5-6,13H2,1-4H3. The third kappa shape index (κ3) is 5.02. The van der Waals surface area contributed by atoms with Gasteiger partial charge in [0.25, 0.3) is 0 Å². The van der Waals surface area contributed by atoms with E-state index in [2.05, 4.69) is 0 Å². The van der Waals surface area contributed by atoms with Crippen LogP contribution in [0.3, 0.4) is 0 Å². The van der Waals surface area contributed by atoms with Crippen molar-refractivity contribution in [3.05, 3.63) is 58.0 Å². The van der Waals surface area contributed by atoms with Gasteiger partial charge in [-0.1, -0.05) is 6.07 Å². The van der Waals surface area contributed by atoms with Crippen molar-refractivity contribution in [1.82, 2.24) is 9.13 Å². The number of imidazole rings is 1. The summed E-state index contributed by atoms with van der Waals surface area (Å²) < 4.78 is 77.8. The van der Waals surface area contributed by atoms with Crippen LogP contribution in [0.25, 0.3) is 11.0 Å². The number of hydrogen-bond donors (Lipinski definition) is 0. The van der Waals surface area contributed by atoms with Crippen molar-refractivity contribution >= 4 is 20.9 Å². The van der Waals surface area contributed by atoms with Gasteiger partial charge in [-0.15, -0.1) is 0 Å². The van der Waals surface area contributed by atoms with E-state index in [1.807, 2.05) is 0 Å². The molecule has 0 saturated heterocycles. The Bertz CT molecular complexity index is 1330. The third-order valence-corrected chi connectivity index (χ3v) is 6.17. The molecule has 3 aromatic rings. The summed E-state index contributed by atoms with van der Waals surface area (Å²) in [6.45, 7) is 3.85. The Morgan fingerprint density at radius 1 is 1.03 bits per heavy atom. The first kappa shape index (κ1) is 24.7. The number of nitrogens with zero attached hydrogens (tertiary/aromatic N) is 2. The molecule has 0 radical (unpaired) electrons. The largest absolute Gasteiger partial charge is 0.493 e. The highest BCUT2D eigenvalue weighted by atomic mass is 32.2. The second-order valence-corrected chi connectivity index (χ2v) is 9.73. The normalized spacial score (nSPS) is 13.3. The van der Waals surface area contributed by atoms with E-state index in [0.717, 1.165) is 18.4 Å². The van der Waals surface area contributed by atoms with Gasteiger partial charge in [0, 0.05) is 12.8 Å². The highest BCUT2D eigenvalue weighted by Crippen LogP contribution is 2.35. The number of aryl methyl sites for hydroxylation is 1. The smallest absolute Gasteiger partial charge is 0.416 e. The second-order valence-electron chi connectivity index (χ2n) is 7.55. The number of hydrogen-bond acceptors (Lipinski definition) is 5. The molecule has 1 unspecified atom stereocenters. The maximum Gasteiger partial charge on any atom is 0.416 e. The van der Waals surface area contributed by atoms with E-state index >= 15 is 0 Å². The molecule has 0 fully saturated rings. The van der Waals surface area contributed by atoms with E-state index in [1.165, 1.54) is 22.3 Å². The first-order chi connectivity index (χ1) is 15.4. The molecule has 0 N–H and O–H groups in total. The molecule has 0 aliphatic rings. The summed E-state index contributed by atoms with van der Waals surface area (Å²) in [6.07, 6.45) is -3.54. The number of aromatic nitrogens is 2. The average molecular weight is 487 g/mol. The predicted octanol–water partition coefficient (Wildman–Crippen LogP) is 3.88. The van der Waals surface area contributed by atoms with Crippen molar-refractivity contribution in [3.8, 4) is 11.5 Å². The van der Waals surface area contributed by atoms with E-state index in [0.29, 0.717) is 23.7 Å². The van der Waals surface area contributed by atoms with Gasteiger partial charge in [-0.25, -0.2) is 13.2 Å². The Morgan fingerprint density at radius 2 is 1.73 bits per heavy atom. The molecule has 0 saturated carbocycles. The summed E-state index contributed by atoms with van der Waals surface area (Å²) >= 11 is 0. The number of ether oxygens (including phenoxy) is 2. The van der Waals surface area contributed by atoms with Gasteiger partial charge < -0.3 is 9.47 Å². The highest BCUT2D eigenvalue weighted by Gasteiger charge is 2.32. The fourth-order valence-electron chi connectivity index (χ4n) is 3.84. The molecule has 7 nitrogen and oxygen atoms in total. The molecule has 1 heterocycles. The first-order valence-corrected chi connectivity index (χ1v) is 12.3. The zero-order valence-electron chi connectivity index (χ0n) is 18.6. The lowest BCUT2D eigenvalue weighted by Crippen LogP contribution is -2.31. The lowest BCUT2D eigenvalue weighted by Gasteiger charge is -2.20. The molecule has 180 valence electrons. The van der Waals surface area contributed by atoms with Crippen LogP contribution in [0.2, 0.25) is 0 Å². The van der Waals surface area contributed by atoms with Gasteiger partial charge in [0.05, 0.1) is 42.1 Å². The van der Waals surface area contributed by atoms with Crippen LogP contribution in [0, 0.1) is 0 Å². The molecule has 0 spiro atoms. The fraction of sp³-hybridized carbons (Fsp3) is 0.409. The van der Waals surface area contributed by atoms with E-state index in [1.54, 1.807) is 32.0 Å². The molecule has 33 heavy (non-hydrogen) atoms. The topological polar surface area (TPSA) is 79.5 Å². The molecule has 11 heteroatoms. The molecule has 2 aromatic carbocycles. The fourth-order valence-corrected chi connectivity index (χ4v) is 4.75. The zero-order chi connectivity index (χ0) is 24.6. The van der Waals surface area contributed by atoms with Crippen LogP contribution in [0.4, 0.5) is 13.2 Å². The van der Waals surface area contributed by atoms with Gasteiger partial charge in [0.1, 0.15) is 9.84 Å². The van der Waals surface area contributed by atoms with Gasteiger partial charge in [-0.05, 0) is 49.7 Å². The van der Waals surface area contributed by atoms with Gasteiger partial charge in [0.2, 0.25) is 0 Å². The maximum absolute atomic E-state index is 13.3. The summed E-state index contributed by atoms with van der Waals surface area (Å²) in [5, 5.41) is 0. The van der Waals surface area contributed by atoms with Crippen molar-refractivity contribution in [3.63, 3.8) is 0 Å². The Morgan fingerprint density at radius 3 is 2.27 bits per heavy atom. The summed E-state index contributed by atoms with van der Waals surface area (Å²) in [4.78, 5) is 13.3. The summed E-state index contributed by atoms with van der Waals surface area (Å²) in [7, 11) is -2.13. The van der Waals surface area contributed by atoms with Crippen LogP contribution in [0.15, 0.2) is 41.2 Å². The van der Waals surface area contributed by atoms with Crippen molar-refractivity contribution in [2.45, 2.75) is 32.6 Å². The predicted molar refractivity (Wildman–Crippen MR) is 119 cm³/mol. The number of fused-ring (bicyclic) bond motifs is 1. The lowest BCUT2D eigenvalue weighted by atomic mass is 10.1. The molecule has 3 rings (SSSR count). The van der Waals surface area contributed by atoms with Gasteiger partial charge in [-0.3, -0.25) is 9.13 Å². The van der Waals surface area contributed by atoms with Crippen molar-refractivity contribution in [2.75, 3.05) is 25.7 Å². The summed E-state index contributed by atoms with van der Waals surface area (Å²) in [6, 6.07) is 6.80. The molecule has 1 atom stereocenters. The van der Waals surface area contributed by atoms with Crippen molar-refractivity contribution < 1.29 is 31.1 Å². The SMILES string of the molecule is CCOc1cc(C(CS(C)(=O)=O)n2c(=O)n(CC)c3cc(C(F)(F)F)ccc32)ccc1OC. The molecule has 1 aromatic heterocycles. The van der Waals surface area contributed by atoms with Gasteiger partial charge in [0.15, 0.2) is 11.5 Å². The van der Waals surface area contributed by atoms with Crippen LogP contribution in [0.5, 0.6) is 11.5 Å². The maximum atomic E-state index is 13.3. The quantitative estimate of drug-likeness (QED) is 0.483. The molecule has 0 bridgehead atoms.